The molecule has 1 aliphatic heterocycles. The van der Waals surface area contributed by atoms with E-state index in [2.05, 4.69) is 13.8 Å². The molecule has 1 aliphatic rings. The summed E-state index contributed by atoms with van der Waals surface area (Å²) in [4.78, 5) is 0. The van der Waals surface area contributed by atoms with Gasteiger partial charge in [-0.2, -0.15) is 17.0 Å². The van der Waals surface area contributed by atoms with Gasteiger partial charge in [-0.05, 0) is 30.7 Å². The molecule has 1 aromatic carbocycles. The lowest BCUT2D eigenvalue weighted by Gasteiger charge is -2.37. The molecule has 2 rings (SSSR count). The van der Waals surface area contributed by atoms with Gasteiger partial charge >= 0.3 is 0 Å². The van der Waals surface area contributed by atoms with Gasteiger partial charge in [0.15, 0.2) is 0 Å². The number of benzene rings is 1. The normalized spacial score (nSPS) is 26.0. The summed E-state index contributed by atoms with van der Waals surface area (Å²) in [5.41, 5.74) is 1.02. The number of nitrogens with zero attached hydrogens (tertiary/aromatic N) is 2. The predicted octanol–water partition coefficient (Wildman–Crippen LogP) is 2.90. The van der Waals surface area contributed by atoms with Crippen molar-refractivity contribution in [3.05, 3.63) is 35.9 Å². The molecule has 0 spiro atoms. The van der Waals surface area contributed by atoms with Gasteiger partial charge in [-0.15, -0.1) is 0 Å². The van der Waals surface area contributed by atoms with E-state index >= 15 is 0 Å². The average Bonchev–Trinajstić information content (AvgIpc) is 2.45. The van der Waals surface area contributed by atoms with Crippen LogP contribution in [0.4, 0.5) is 0 Å². The Hall–Kier alpha value is -0.910. The van der Waals surface area contributed by atoms with Crippen LogP contribution in [0.5, 0.6) is 0 Å². The minimum Gasteiger partial charge on any atom is -0.195 e. The van der Waals surface area contributed by atoms with E-state index in [1.54, 1.807) is 11.4 Å². The lowest BCUT2D eigenvalue weighted by molar-refractivity contribution is 0.207. The monoisotopic (exact) mass is 310 g/mol. The lowest BCUT2D eigenvalue weighted by Crippen LogP contribution is -2.48. The summed E-state index contributed by atoms with van der Waals surface area (Å²) in [5, 5.41) is 0. The first-order chi connectivity index (χ1) is 9.82. The highest BCUT2D eigenvalue weighted by Gasteiger charge is 2.35. The molecule has 0 amide bonds. The zero-order chi connectivity index (χ0) is 15.6. The van der Waals surface area contributed by atoms with Crippen LogP contribution in [0.3, 0.4) is 0 Å². The van der Waals surface area contributed by atoms with Crippen molar-refractivity contribution in [3.63, 3.8) is 0 Å². The van der Waals surface area contributed by atoms with Gasteiger partial charge in [-0.3, -0.25) is 0 Å². The molecule has 0 aromatic heterocycles. The minimum atomic E-state index is -3.41. The van der Waals surface area contributed by atoms with Crippen molar-refractivity contribution >= 4 is 10.2 Å². The first-order valence-corrected chi connectivity index (χ1v) is 9.00. The van der Waals surface area contributed by atoms with Crippen molar-refractivity contribution in [1.29, 1.82) is 0 Å². The van der Waals surface area contributed by atoms with Gasteiger partial charge in [-0.25, -0.2) is 0 Å². The molecule has 3 unspecified atom stereocenters. The van der Waals surface area contributed by atoms with Crippen molar-refractivity contribution < 1.29 is 8.42 Å². The van der Waals surface area contributed by atoms with E-state index in [4.69, 9.17) is 0 Å². The van der Waals surface area contributed by atoms with Crippen LogP contribution in [0.15, 0.2) is 30.3 Å². The molecule has 0 N–H and O–H groups in total. The molecule has 0 radical (unpaired) electrons. The van der Waals surface area contributed by atoms with Gasteiger partial charge in [0.25, 0.3) is 10.2 Å². The largest absolute Gasteiger partial charge is 0.282 e. The fourth-order valence-electron chi connectivity index (χ4n) is 3.12. The lowest BCUT2D eigenvalue weighted by atomic mass is 9.94. The fraction of sp³-hybridized carbons (Fsp3) is 0.625. The smallest absolute Gasteiger partial charge is 0.195 e. The summed E-state index contributed by atoms with van der Waals surface area (Å²) >= 11 is 0. The number of piperidine rings is 1. The maximum atomic E-state index is 12.8. The molecular weight excluding hydrogens is 284 g/mol. The van der Waals surface area contributed by atoms with Gasteiger partial charge in [0.2, 0.25) is 0 Å². The van der Waals surface area contributed by atoms with Crippen LogP contribution in [-0.4, -0.2) is 37.2 Å². The van der Waals surface area contributed by atoms with Crippen molar-refractivity contribution in [3.8, 4) is 0 Å². The van der Waals surface area contributed by atoms with Gasteiger partial charge in [0.05, 0.1) is 0 Å². The third kappa shape index (κ3) is 3.65. The van der Waals surface area contributed by atoms with Crippen LogP contribution in [-0.2, 0) is 10.2 Å². The molecule has 3 atom stereocenters. The van der Waals surface area contributed by atoms with E-state index < -0.39 is 10.2 Å². The van der Waals surface area contributed by atoms with E-state index in [0.29, 0.717) is 24.9 Å². The van der Waals surface area contributed by atoms with Gasteiger partial charge in [0.1, 0.15) is 0 Å². The molecule has 118 valence electrons. The SMILES string of the molecule is CC1CC(C)CN(S(=O)(=O)N(C)C(C)c2ccccc2)C1. The van der Waals surface area contributed by atoms with E-state index in [-0.39, 0.29) is 6.04 Å². The van der Waals surface area contributed by atoms with Crippen molar-refractivity contribution in [2.45, 2.75) is 33.2 Å². The highest BCUT2D eigenvalue weighted by Crippen LogP contribution is 2.28. The maximum absolute atomic E-state index is 12.8. The summed E-state index contributed by atoms with van der Waals surface area (Å²) in [7, 11) is -1.73. The van der Waals surface area contributed by atoms with Crippen LogP contribution in [0.1, 0.15) is 38.8 Å². The van der Waals surface area contributed by atoms with Crippen LogP contribution >= 0.6 is 0 Å². The van der Waals surface area contributed by atoms with Crippen LogP contribution < -0.4 is 0 Å². The maximum Gasteiger partial charge on any atom is 0.282 e. The van der Waals surface area contributed by atoms with Crippen molar-refractivity contribution in [1.82, 2.24) is 8.61 Å². The summed E-state index contributed by atoms with van der Waals surface area (Å²) in [6, 6.07) is 9.60. The summed E-state index contributed by atoms with van der Waals surface area (Å²) in [6.07, 6.45) is 1.10. The zero-order valence-electron chi connectivity index (χ0n) is 13.4. The van der Waals surface area contributed by atoms with E-state index in [1.807, 2.05) is 37.3 Å². The molecule has 0 saturated carbocycles. The third-order valence-corrected chi connectivity index (χ3v) is 6.35. The Balaban J connectivity index is 2.18. The zero-order valence-corrected chi connectivity index (χ0v) is 14.2. The highest BCUT2D eigenvalue weighted by atomic mass is 32.2. The fourth-order valence-corrected chi connectivity index (χ4v) is 4.89. The summed E-state index contributed by atoms with van der Waals surface area (Å²) in [6.45, 7) is 7.43. The Morgan fingerprint density at radius 3 is 2.19 bits per heavy atom. The molecule has 1 aromatic rings. The molecule has 0 bridgehead atoms. The van der Waals surface area contributed by atoms with E-state index in [9.17, 15) is 8.42 Å². The Kier molecular flexibility index (Phi) is 5.07. The second-order valence-corrected chi connectivity index (χ2v) is 8.36. The van der Waals surface area contributed by atoms with Crippen LogP contribution in [0.2, 0.25) is 0 Å². The molecule has 1 saturated heterocycles. The first-order valence-electron chi connectivity index (χ1n) is 7.60. The third-order valence-electron chi connectivity index (χ3n) is 4.35. The molecule has 1 heterocycles. The van der Waals surface area contributed by atoms with Crippen molar-refractivity contribution in [2.24, 2.45) is 11.8 Å². The molecular formula is C16H26N2O2S. The van der Waals surface area contributed by atoms with Gasteiger partial charge in [-0.1, -0.05) is 44.2 Å². The Morgan fingerprint density at radius 2 is 1.67 bits per heavy atom. The highest BCUT2D eigenvalue weighted by molar-refractivity contribution is 7.86. The molecule has 4 nitrogen and oxygen atoms in total. The Labute approximate surface area is 128 Å². The van der Waals surface area contributed by atoms with Crippen LogP contribution in [0, 0.1) is 11.8 Å². The molecule has 5 heteroatoms. The number of rotatable bonds is 4. The van der Waals surface area contributed by atoms with Gasteiger partial charge < -0.3 is 0 Å². The topological polar surface area (TPSA) is 40.6 Å². The standard InChI is InChI=1S/C16H26N2O2S/c1-13-10-14(2)12-18(11-13)21(19,20)17(4)15(3)16-8-6-5-7-9-16/h5-9,13-15H,10-12H2,1-4H3. The Bertz CT molecular complexity index is 549. The quantitative estimate of drug-likeness (QED) is 0.858. The first kappa shape index (κ1) is 16.5. The van der Waals surface area contributed by atoms with E-state index in [1.165, 1.54) is 4.31 Å². The molecule has 0 aliphatic carbocycles. The molecule has 1 fully saturated rings. The predicted molar refractivity (Wildman–Crippen MR) is 86.1 cm³/mol. The van der Waals surface area contributed by atoms with Crippen molar-refractivity contribution in [2.75, 3.05) is 20.1 Å². The minimum absolute atomic E-state index is 0.163. The van der Waals surface area contributed by atoms with Crippen LogP contribution in [0.25, 0.3) is 0 Å². The average molecular weight is 310 g/mol. The number of hydrogen-bond acceptors (Lipinski definition) is 2. The second kappa shape index (κ2) is 6.46. The van der Waals surface area contributed by atoms with E-state index in [0.717, 1.165) is 12.0 Å². The molecule has 21 heavy (non-hydrogen) atoms. The summed E-state index contributed by atoms with van der Waals surface area (Å²) in [5.74, 6) is 0.841. The van der Waals surface area contributed by atoms with Gasteiger partial charge in [0, 0.05) is 26.2 Å². The Morgan fingerprint density at radius 1 is 1.14 bits per heavy atom. The summed E-state index contributed by atoms with van der Waals surface area (Å²) < 4.78 is 28.8. The second-order valence-electron chi connectivity index (χ2n) is 6.37. The number of hydrogen-bond donors (Lipinski definition) is 0.